The first kappa shape index (κ1) is 16.5. The predicted octanol–water partition coefficient (Wildman–Crippen LogP) is 2.98. The Balaban J connectivity index is 2.17. The molecule has 5 nitrogen and oxygen atoms in total. The second kappa shape index (κ2) is 6.94. The van der Waals surface area contributed by atoms with Crippen LogP contribution in [-0.2, 0) is 0 Å². The lowest BCUT2D eigenvalue weighted by Gasteiger charge is -2.26. The van der Waals surface area contributed by atoms with E-state index in [1.165, 1.54) is 6.20 Å². The van der Waals surface area contributed by atoms with Crippen LogP contribution in [0.5, 0.6) is 0 Å². The van der Waals surface area contributed by atoms with Crippen molar-refractivity contribution >= 4 is 17.5 Å². The molecule has 0 aliphatic heterocycles. The van der Waals surface area contributed by atoms with E-state index in [2.05, 4.69) is 15.5 Å². The summed E-state index contributed by atoms with van der Waals surface area (Å²) in [5, 5.41) is 10.3. The quantitative estimate of drug-likeness (QED) is 0.765. The second-order valence-electron chi connectivity index (χ2n) is 5.42. The zero-order valence-corrected chi connectivity index (χ0v) is 13.6. The SMILES string of the molecule is CCC(N)(CC)CNC(=O)c1cn[nH]c1-c1cccc(Cl)c1. The van der Waals surface area contributed by atoms with Gasteiger partial charge in [0.05, 0.1) is 17.5 Å². The number of carbonyl (C=O) groups excluding carboxylic acids is 1. The fraction of sp³-hybridized carbons (Fsp3) is 0.375. The maximum atomic E-state index is 12.4. The van der Waals surface area contributed by atoms with Crippen molar-refractivity contribution in [3.63, 3.8) is 0 Å². The molecule has 0 saturated carbocycles. The standard InChI is InChI=1S/C16H21ClN4O/c1-3-16(18,4-2)10-19-15(22)13-9-20-21-14(13)11-6-5-7-12(17)8-11/h5-9H,3-4,10,18H2,1-2H3,(H,19,22)(H,20,21). The number of aromatic amines is 1. The molecule has 0 aliphatic rings. The molecule has 1 aromatic heterocycles. The number of halogens is 1. The molecule has 0 radical (unpaired) electrons. The summed E-state index contributed by atoms with van der Waals surface area (Å²) in [4.78, 5) is 12.4. The molecule has 118 valence electrons. The van der Waals surface area contributed by atoms with Gasteiger partial charge in [0.25, 0.3) is 5.91 Å². The molecule has 0 bridgehead atoms. The largest absolute Gasteiger partial charge is 0.350 e. The van der Waals surface area contributed by atoms with Gasteiger partial charge in [0, 0.05) is 22.7 Å². The Morgan fingerprint density at radius 1 is 1.41 bits per heavy atom. The number of hydrogen-bond acceptors (Lipinski definition) is 3. The van der Waals surface area contributed by atoms with Gasteiger partial charge in [-0.15, -0.1) is 0 Å². The highest BCUT2D eigenvalue weighted by molar-refractivity contribution is 6.30. The van der Waals surface area contributed by atoms with E-state index in [-0.39, 0.29) is 11.4 Å². The van der Waals surface area contributed by atoms with E-state index in [1.807, 2.05) is 26.0 Å². The van der Waals surface area contributed by atoms with E-state index in [0.29, 0.717) is 22.8 Å². The highest BCUT2D eigenvalue weighted by atomic mass is 35.5. The number of hydrogen-bond donors (Lipinski definition) is 3. The van der Waals surface area contributed by atoms with Crippen molar-refractivity contribution in [2.24, 2.45) is 5.73 Å². The van der Waals surface area contributed by atoms with Gasteiger partial charge in [-0.05, 0) is 25.0 Å². The minimum Gasteiger partial charge on any atom is -0.350 e. The summed E-state index contributed by atoms with van der Waals surface area (Å²) in [6, 6.07) is 7.28. The van der Waals surface area contributed by atoms with Crippen LogP contribution in [-0.4, -0.2) is 28.2 Å². The van der Waals surface area contributed by atoms with E-state index >= 15 is 0 Å². The molecule has 1 aromatic carbocycles. The van der Waals surface area contributed by atoms with E-state index < -0.39 is 0 Å². The van der Waals surface area contributed by atoms with Crippen molar-refractivity contribution in [2.45, 2.75) is 32.2 Å². The summed E-state index contributed by atoms with van der Waals surface area (Å²) in [6.07, 6.45) is 3.12. The van der Waals surface area contributed by atoms with Crippen LogP contribution in [0.2, 0.25) is 5.02 Å². The van der Waals surface area contributed by atoms with Crippen molar-refractivity contribution in [2.75, 3.05) is 6.54 Å². The Labute approximate surface area is 135 Å². The topological polar surface area (TPSA) is 83.8 Å². The Bertz CT molecular complexity index is 649. The molecule has 0 aliphatic carbocycles. The van der Waals surface area contributed by atoms with E-state index in [0.717, 1.165) is 18.4 Å². The Hall–Kier alpha value is -1.85. The van der Waals surface area contributed by atoms with Crippen LogP contribution in [0.1, 0.15) is 37.0 Å². The number of H-pyrrole nitrogens is 1. The molecule has 2 rings (SSSR count). The summed E-state index contributed by atoms with van der Waals surface area (Å²) in [7, 11) is 0. The smallest absolute Gasteiger partial charge is 0.255 e. The van der Waals surface area contributed by atoms with Crippen LogP contribution >= 0.6 is 11.6 Å². The maximum absolute atomic E-state index is 12.4. The first-order valence-corrected chi connectivity index (χ1v) is 7.73. The summed E-state index contributed by atoms with van der Waals surface area (Å²) in [5.74, 6) is -0.194. The maximum Gasteiger partial charge on any atom is 0.255 e. The van der Waals surface area contributed by atoms with Gasteiger partial charge < -0.3 is 11.1 Å². The van der Waals surface area contributed by atoms with Gasteiger partial charge >= 0.3 is 0 Å². The van der Waals surface area contributed by atoms with Gasteiger partial charge in [0.15, 0.2) is 0 Å². The lowest BCUT2D eigenvalue weighted by atomic mass is 9.94. The Kier molecular flexibility index (Phi) is 5.21. The zero-order valence-electron chi connectivity index (χ0n) is 12.8. The molecule has 4 N–H and O–H groups in total. The number of rotatable bonds is 6. The van der Waals surface area contributed by atoms with Gasteiger partial charge in [-0.2, -0.15) is 5.10 Å². The molecule has 0 fully saturated rings. The van der Waals surface area contributed by atoms with Crippen LogP contribution in [0.15, 0.2) is 30.5 Å². The van der Waals surface area contributed by atoms with Crippen molar-refractivity contribution in [1.29, 1.82) is 0 Å². The molecule has 1 heterocycles. The third-order valence-corrected chi connectivity index (χ3v) is 4.24. The first-order valence-electron chi connectivity index (χ1n) is 7.35. The van der Waals surface area contributed by atoms with Crippen molar-refractivity contribution in [1.82, 2.24) is 15.5 Å². The molecular formula is C16H21ClN4O. The van der Waals surface area contributed by atoms with Gasteiger partial charge in [0.1, 0.15) is 0 Å². The van der Waals surface area contributed by atoms with Crippen LogP contribution in [0, 0.1) is 0 Å². The van der Waals surface area contributed by atoms with Crippen molar-refractivity contribution < 1.29 is 4.79 Å². The van der Waals surface area contributed by atoms with Gasteiger partial charge in [-0.1, -0.05) is 37.6 Å². The number of nitrogens with two attached hydrogens (primary N) is 1. The van der Waals surface area contributed by atoms with Crippen molar-refractivity contribution in [3.05, 3.63) is 41.0 Å². The average molecular weight is 321 g/mol. The fourth-order valence-electron chi connectivity index (χ4n) is 2.17. The molecule has 0 saturated heterocycles. The molecular weight excluding hydrogens is 300 g/mol. The first-order chi connectivity index (χ1) is 10.5. The van der Waals surface area contributed by atoms with Gasteiger partial charge in [0.2, 0.25) is 0 Å². The number of nitrogens with zero attached hydrogens (tertiary/aromatic N) is 1. The molecule has 0 unspecified atom stereocenters. The third kappa shape index (κ3) is 3.67. The monoisotopic (exact) mass is 320 g/mol. The molecule has 0 spiro atoms. The molecule has 22 heavy (non-hydrogen) atoms. The summed E-state index contributed by atoms with van der Waals surface area (Å²) in [5.41, 5.74) is 7.78. The highest BCUT2D eigenvalue weighted by Gasteiger charge is 2.22. The summed E-state index contributed by atoms with van der Waals surface area (Å²) in [6.45, 7) is 4.47. The number of nitrogens with one attached hydrogen (secondary N) is 2. The molecule has 0 atom stereocenters. The van der Waals surface area contributed by atoms with Gasteiger partial charge in [-0.25, -0.2) is 0 Å². The molecule has 2 aromatic rings. The highest BCUT2D eigenvalue weighted by Crippen LogP contribution is 2.24. The minimum atomic E-state index is -0.379. The molecule has 1 amide bonds. The van der Waals surface area contributed by atoms with E-state index in [4.69, 9.17) is 17.3 Å². The third-order valence-electron chi connectivity index (χ3n) is 4.01. The van der Waals surface area contributed by atoms with Crippen LogP contribution in [0.4, 0.5) is 0 Å². The second-order valence-corrected chi connectivity index (χ2v) is 5.86. The van der Waals surface area contributed by atoms with E-state index in [1.54, 1.807) is 12.1 Å². The van der Waals surface area contributed by atoms with E-state index in [9.17, 15) is 4.79 Å². The average Bonchev–Trinajstić information content (AvgIpc) is 3.02. The minimum absolute atomic E-state index is 0.194. The number of carbonyl (C=O) groups is 1. The zero-order chi connectivity index (χ0) is 16.2. The van der Waals surface area contributed by atoms with Crippen molar-refractivity contribution in [3.8, 4) is 11.3 Å². The number of amides is 1. The Morgan fingerprint density at radius 2 is 2.14 bits per heavy atom. The van der Waals surface area contributed by atoms with Gasteiger partial charge in [-0.3, -0.25) is 9.89 Å². The fourth-order valence-corrected chi connectivity index (χ4v) is 2.36. The Morgan fingerprint density at radius 3 is 2.77 bits per heavy atom. The normalized spacial score (nSPS) is 11.5. The molecule has 6 heteroatoms. The summed E-state index contributed by atoms with van der Waals surface area (Å²) >= 11 is 6.00. The van der Waals surface area contributed by atoms with Crippen LogP contribution < -0.4 is 11.1 Å². The number of benzene rings is 1. The lowest BCUT2D eigenvalue weighted by molar-refractivity contribution is 0.0943. The number of aromatic nitrogens is 2. The van der Waals surface area contributed by atoms with Crippen LogP contribution in [0.25, 0.3) is 11.3 Å². The summed E-state index contributed by atoms with van der Waals surface area (Å²) < 4.78 is 0. The van der Waals surface area contributed by atoms with Crippen LogP contribution in [0.3, 0.4) is 0 Å². The predicted molar refractivity (Wildman–Crippen MR) is 88.9 cm³/mol. The lowest BCUT2D eigenvalue weighted by Crippen LogP contribution is -2.49.